The molecule has 1 saturated carbocycles. The topological polar surface area (TPSA) is 35.2 Å². The van der Waals surface area contributed by atoms with Crippen molar-refractivity contribution in [1.29, 1.82) is 0 Å². The van der Waals surface area contributed by atoms with Crippen molar-refractivity contribution in [1.82, 2.24) is 0 Å². The summed E-state index contributed by atoms with van der Waals surface area (Å²) in [5.41, 5.74) is 5.89. The van der Waals surface area contributed by atoms with Crippen LogP contribution in [0.3, 0.4) is 0 Å². The van der Waals surface area contributed by atoms with Crippen molar-refractivity contribution >= 4 is 0 Å². The predicted octanol–water partition coefficient (Wildman–Crippen LogP) is 3.45. The Balaban J connectivity index is 1.80. The molecule has 1 aliphatic carbocycles. The molecule has 2 fully saturated rings. The largest absolute Gasteiger partial charge is 0.416 e. The first-order valence-electron chi connectivity index (χ1n) is 6.88. The maximum Gasteiger partial charge on any atom is 0.416 e. The van der Waals surface area contributed by atoms with Crippen molar-refractivity contribution in [2.75, 3.05) is 13.2 Å². The lowest BCUT2D eigenvalue weighted by molar-refractivity contribution is -0.137. The number of halogens is 3. The highest BCUT2D eigenvalue weighted by Crippen LogP contribution is 2.57. The molecule has 1 aromatic rings. The summed E-state index contributed by atoms with van der Waals surface area (Å²) in [5, 5.41) is 0. The van der Waals surface area contributed by atoms with Gasteiger partial charge in [0.25, 0.3) is 0 Å². The van der Waals surface area contributed by atoms with E-state index < -0.39 is 17.3 Å². The Morgan fingerprint density at radius 3 is 2.35 bits per heavy atom. The molecule has 1 aromatic carbocycles. The molecule has 110 valence electrons. The minimum absolute atomic E-state index is 0.182. The van der Waals surface area contributed by atoms with Gasteiger partial charge in [-0.2, -0.15) is 13.2 Å². The second-order valence-electron chi connectivity index (χ2n) is 6.20. The fourth-order valence-electron chi connectivity index (χ4n) is 3.65. The molecular weight excluding hydrogens is 267 g/mol. The van der Waals surface area contributed by atoms with Crippen LogP contribution in [0.2, 0.25) is 0 Å². The minimum Gasteiger partial charge on any atom is -0.381 e. The first-order valence-corrected chi connectivity index (χ1v) is 6.88. The molecule has 20 heavy (non-hydrogen) atoms. The van der Waals surface area contributed by atoms with Crippen molar-refractivity contribution in [2.45, 2.75) is 37.4 Å². The fraction of sp³-hybridized carbons (Fsp3) is 0.600. The highest BCUT2D eigenvalue weighted by Gasteiger charge is 2.53. The molecule has 0 aromatic heterocycles. The predicted molar refractivity (Wildman–Crippen MR) is 69.0 cm³/mol. The molecule has 1 spiro atoms. The maximum absolute atomic E-state index is 12.8. The first kappa shape index (κ1) is 13.9. The number of nitrogens with two attached hydrogens (primary N) is 1. The van der Waals surface area contributed by atoms with Crippen LogP contribution < -0.4 is 5.73 Å². The van der Waals surface area contributed by atoms with Gasteiger partial charge in [-0.3, -0.25) is 0 Å². The second kappa shape index (κ2) is 4.46. The molecular formula is C15H18F3NO. The summed E-state index contributed by atoms with van der Waals surface area (Å²) in [4.78, 5) is 0. The number of rotatable bonds is 1. The third-order valence-corrected chi connectivity index (χ3v) is 4.70. The van der Waals surface area contributed by atoms with Gasteiger partial charge in [0, 0.05) is 18.8 Å². The normalized spacial score (nSPS) is 24.4. The van der Waals surface area contributed by atoms with Gasteiger partial charge in [0.1, 0.15) is 0 Å². The zero-order valence-corrected chi connectivity index (χ0v) is 11.2. The Labute approximate surface area is 116 Å². The van der Waals surface area contributed by atoms with Crippen LogP contribution in [0.15, 0.2) is 24.3 Å². The van der Waals surface area contributed by atoms with Gasteiger partial charge in [-0.1, -0.05) is 12.1 Å². The van der Waals surface area contributed by atoms with Crippen LogP contribution in [0.5, 0.6) is 0 Å². The standard InChI is InChI=1S/C15H18F3NO/c16-15(17,18)12-3-1-2-11(8-12)14(19)9-13(10-14)4-6-20-7-5-13/h1-3,8H,4-7,9-10,19H2. The molecule has 1 heterocycles. The third-order valence-electron chi connectivity index (χ3n) is 4.70. The van der Waals surface area contributed by atoms with E-state index in [-0.39, 0.29) is 5.41 Å². The molecule has 1 saturated heterocycles. The molecule has 0 radical (unpaired) electrons. The van der Waals surface area contributed by atoms with Gasteiger partial charge in [-0.25, -0.2) is 0 Å². The van der Waals surface area contributed by atoms with E-state index in [2.05, 4.69) is 0 Å². The summed E-state index contributed by atoms with van der Waals surface area (Å²) >= 11 is 0. The summed E-state index contributed by atoms with van der Waals surface area (Å²) in [7, 11) is 0. The number of alkyl halides is 3. The van der Waals surface area contributed by atoms with Gasteiger partial charge in [-0.05, 0) is 48.8 Å². The molecule has 1 aliphatic heterocycles. The molecule has 2 N–H and O–H groups in total. The molecule has 3 rings (SSSR count). The quantitative estimate of drug-likeness (QED) is 0.857. The highest BCUT2D eigenvalue weighted by molar-refractivity contribution is 5.34. The monoisotopic (exact) mass is 285 g/mol. The average molecular weight is 285 g/mol. The molecule has 5 heteroatoms. The zero-order chi connectivity index (χ0) is 14.4. The molecule has 0 bridgehead atoms. The van der Waals surface area contributed by atoms with Crippen molar-refractivity contribution in [3.8, 4) is 0 Å². The molecule has 2 aliphatic rings. The second-order valence-corrected chi connectivity index (χ2v) is 6.20. The highest BCUT2D eigenvalue weighted by atomic mass is 19.4. The van der Waals surface area contributed by atoms with Gasteiger partial charge < -0.3 is 10.5 Å². The van der Waals surface area contributed by atoms with Crippen molar-refractivity contribution in [2.24, 2.45) is 11.1 Å². The Morgan fingerprint density at radius 2 is 1.75 bits per heavy atom. The molecule has 0 unspecified atom stereocenters. The van der Waals surface area contributed by atoms with E-state index in [1.807, 2.05) is 0 Å². The van der Waals surface area contributed by atoms with E-state index in [9.17, 15) is 13.2 Å². The molecule has 0 atom stereocenters. The Morgan fingerprint density at radius 1 is 1.10 bits per heavy atom. The number of ether oxygens (including phenoxy) is 1. The molecule has 2 nitrogen and oxygen atoms in total. The SMILES string of the molecule is NC1(c2cccc(C(F)(F)F)c2)CC2(CCOCC2)C1. The van der Waals surface area contributed by atoms with E-state index in [0.717, 1.165) is 45.0 Å². The summed E-state index contributed by atoms with van der Waals surface area (Å²) < 4.78 is 43.7. The van der Waals surface area contributed by atoms with Crippen molar-refractivity contribution in [3.05, 3.63) is 35.4 Å². The number of benzene rings is 1. The van der Waals surface area contributed by atoms with Crippen molar-refractivity contribution in [3.63, 3.8) is 0 Å². The summed E-state index contributed by atoms with van der Waals surface area (Å²) in [6.45, 7) is 1.47. The Kier molecular flexibility index (Phi) is 3.10. The molecule has 0 amide bonds. The van der Waals surface area contributed by atoms with Crippen LogP contribution in [-0.2, 0) is 16.5 Å². The third kappa shape index (κ3) is 2.33. The lowest BCUT2D eigenvalue weighted by Gasteiger charge is -2.56. The smallest absolute Gasteiger partial charge is 0.381 e. The Bertz CT molecular complexity index is 498. The van der Waals surface area contributed by atoms with Gasteiger partial charge in [0.05, 0.1) is 5.56 Å². The van der Waals surface area contributed by atoms with Crippen LogP contribution >= 0.6 is 0 Å². The first-order chi connectivity index (χ1) is 9.33. The summed E-state index contributed by atoms with van der Waals surface area (Å²) in [6, 6.07) is 5.45. The van der Waals surface area contributed by atoms with Crippen LogP contribution in [0.4, 0.5) is 13.2 Å². The van der Waals surface area contributed by atoms with Crippen LogP contribution in [-0.4, -0.2) is 13.2 Å². The Hall–Kier alpha value is -1.07. The lowest BCUT2D eigenvalue weighted by atomic mass is 9.52. The summed E-state index contributed by atoms with van der Waals surface area (Å²) in [6.07, 6.45) is -0.877. The van der Waals surface area contributed by atoms with Crippen molar-refractivity contribution < 1.29 is 17.9 Å². The van der Waals surface area contributed by atoms with E-state index in [1.54, 1.807) is 6.07 Å². The average Bonchev–Trinajstić information content (AvgIpc) is 2.37. The van der Waals surface area contributed by atoms with Crippen LogP contribution in [0.1, 0.15) is 36.8 Å². The number of hydrogen-bond donors (Lipinski definition) is 1. The van der Waals surface area contributed by atoms with Gasteiger partial charge in [-0.15, -0.1) is 0 Å². The lowest BCUT2D eigenvalue weighted by Crippen LogP contribution is -2.57. The van der Waals surface area contributed by atoms with Crippen LogP contribution in [0.25, 0.3) is 0 Å². The van der Waals surface area contributed by atoms with Gasteiger partial charge in [0.15, 0.2) is 0 Å². The van der Waals surface area contributed by atoms with Gasteiger partial charge >= 0.3 is 6.18 Å². The fourth-order valence-corrected chi connectivity index (χ4v) is 3.65. The minimum atomic E-state index is -4.31. The van der Waals surface area contributed by atoms with E-state index in [0.29, 0.717) is 5.56 Å². The number of hydrogen-bond acceptors (Lipinski definition) is 2. The van der Waals surface area contributed by atoms with E-state index in [1.165, 1.54) is 12.1 Å². The van der Waals surface area contributed by atoms with Gasteiger partial charge in [0.2, 0.25) is 0 Å². The van der Waals surface area contributed by atoms with E-state index >= 15 is 0 Å². The van der Waals surface area contributed by atoms with E-state index in [4.69, 9.17) is 10.5 Å². The summed E-state index contributed by atoms with van der Waals surface area (Å²) in [5.74, 6) is 0. The van der Waals surface area contributed by atoms with Crippen LogP contribution in [0, 0.1) is 5.41 Å². The maximum atomic E-state index is 12.8. The zero-order valence-electron chi connectivity index (χ0n) is 11.2.